The summed E-state index contributed by atoms with van der Waals surface area (Å²) in [5, 5.41) is 8.92. The van der Waals surface area contributed by atoms with Crippen LogP contribution in [-0.2, 0) is 0 Å². The summed E-state index contributed by atoms with van der Waals surface area (Å²) in [4.78, 5) is 0. The number of hydrogen-bond donors (Lipinski definition) is 0. The van der Waals surface area contributed by atoms with Gasteiger partial charge in [-0.3, -0.25) is 0 Å². The summed E-state index contributed by atoms with van der Waals surface area (Å²) in [6.45, 7) is 0. The maximum Gasteiger partial charge on any atom is 0.0966 e. The van der Waals surface area contributed by atoms with E-state index in [-0.39, 0.29) is 6.42 Å². The molecular weight excluding hydrogens is 249 g/mol. The van der Waals surface area contributed by atoms with E-state index >= 15 is 0 Å². The van der Waals surface area contributed by atoms with Gasteiger partial charge in [0.15, 0.2) is 0 Å². The Balaban J connectivity index is 2.97. The van der Waals surface area contributed by atoms with Gasteiger partial charge in [0.25, 0.3) is 0 Å². The van der Waals surface area contributed by atoms with Gasteiger partial charge in [-0.1, -0.05) is 23.4 Å². The first kappa shape index (κ1) is 10.1. The molecule has 13 heavy (non-hydrogen) atoms. The first-order valence-electron chi connectivity index (χ1n) is 3.55. The van der Waals surface area contributed by atoms with Gasteiger partial charge in [-0.05, 0) is 34.1 Å². The normalized spacial score (nSPS) is 8.38. The molecule has 0 aliphatic carbocycles. The van der Waals surface area contributed by atoms with Gasteiger partial charge in [0, 0.05) is 15.1 Å². The second-order valence-electron chi connectivity index (χ2n) is 2.26. The van der Waals surface area contributed by atoms with E-state index < -0.39 is 0 Å². The number of halogens is 2. The summed E-state index contributed by atoms with van der Waals surface area (Å²) in [6, 6.07) is 7.32. The third kappa shape index (κ3) is 3.11. The van der Waals surface area contributed by atoms with Gasteiger partial charge in [0.2, 0.25) is 0 Å². The van der Waals surface area contributed by atoms with Crippen LogP contribution >= 0.6 is 27.5 Å². The summed E-state index contributed by atoms with van der Waals surface area (Å²) in [6.07, 6.45) is 0.235. The molecule has 3 heteroatoms. The van der Waals surface area contributed by atoms with Crippen molar-refractivity contribution in [3.63, 3.8) is 0 Å². The molecule has 0 amide bonds. The monoisotopic (exact) mass is 253 g/mol. The Kier molecular flexibility index (Phi) is 3.83. The third-order valence-electron chi connectivity index (χ3n) is 1.32. The first-order chi connectivity index (χ1) is 6.24. The minimum absolute atomic E-state index is 0.235. The van der Waals surface area contributed by atoms with Crippen molar-refractivity contribution in [2.24, 2.45) is 0 Å². The number of benzene rings is 1. The maximum atomic E-state index is 8.28. The lowest BCUT2D eigenvalue weighted by Crippen LogP contribution is -1.76. The Hall–Kier alpha value is -0.960. The van der Waals surface area contributed by atoms with E-state index in [0.717, 1.165) is 10.0 Å². The molecule has 1 aromatic carbocycles. The van der Waals surface area contributed by atoms with Crippen LogP contribution in [0, 0.1) is 23.2 Å². The maximum absolute atomic E-state index is 8.28. The highest BCUT2D eigenvalue weighted by atomic mass is 79.9. The summed E-state index contributed by atoms with van der Waals surface area (Å²) in [5.74, 6) is 5.57. The summed E-state index contributed by atoms with van der Waals surface area (Å²) in [7, 11) is 0. The van der Waals surface area contributed by atoms with Crippen LogP contribution in [0.3, 0.4) is 0 Å². The molecule has 0 aliphatic heterocycles. The lowest BCUT2D eigenvalue weighted by Gasteiger charge is -1.95. The SMILES string of the molecule is N#CCC#Cc1cc(Cl)ccc1Br. The van der Waals surface area contributed by atoms with Crippen LogP contribution in [0.1, 0.15) is 12.0 Å². The van der Waals surface area contributed by atoms with E-state index in [4.69, 9.17) is 16.9 Å². The molecule has 0 unspecified atom stereocenters. The third-order valence-corrected chi connectivity index (χ3v) is 2.25. The van der Waals surface area contributed by atoms with Crippen molar-refractivity contribution in [3.8, 4) is 17.9 Å². The van der Waals surface area contributed by atoms with E-state index in [0.29, 0.717) is 5.02 Å². The zero-order valence-electron chi connectivity index (χ0n) is 6.64. The van der Waals surface area contributed by atoms with Gasteiger partial charge >= 0.3 is 0 Å². The van der Waals surface area contributed by atoms with Gasteiger partial charge in [-0.2, -0.15) is 5.26 Å². The highest BCUT2D eigenvalue weighted by molar-refractivity contribution is 9.10. The van der Waals surface area contributed by atoms with Crippen LogP contribution in [0.25, 0.3) is 0 Å². The van der Waals surface area contributed by atoms with E-state index in [1.54, 1.807) is 12.1 Å². The molecule has 0 saturated heterocycles. The van der Waals surface area contributed by atoms with Crippen LogP contribution in [-0.4, -0.2) is 0 Å². The topological polar surface area (TPSA) is 23.8 Å². The highest BCUT2D eigenvalue weighted by Gasteiger charge is 1.96. The predicted octanol–water partition coefficient (Wildman–Crippen LogP) is 3.37. The fraction of sp³-hybridized carbons (Fsp3) is 0.100. The molecule has 0 aliphatic rings. The zero-order valence-corrected chi connectivity index (χ0v) is 8.98. The predicted molar refractivity (Wildman–Crippen MR) is 56.3 cm³/mol. The van der Waals surface area contributed by atoms with Gasteiger partial charge in [-0.15, -0.1) is 0 Å². The average molecular weight is 255 g/mol. The van der Waals surface area contributed by atoms with E-state index in [1.165, 1.54) is 0 Å². The molecule has 0 fully saturated rings. The van der Waals surface area contributed by atoms with Crippen molar-refractivity contribution in [2.75, 3.05) is 0 Å². The lowest BCUT2D eigenvalue weighted by molar-refractivity contribution is 1.39. The van der Waals surface area contributed by atoms with Crippen molar-refractivity contribution in [1.82, 2.24) is 0 Å². The summed E-state index contributed by atoms with van der Waals surface area (Å²) < 4.78 is 0.891. The zero-order chi connectivity index (χ0) is 9.68. The average Bonchev–Trinajstić information content (AvgIpc) is 2.11. The molecule has 0 saturated carbocycles. The smallest absolute Gasteiger partial charge is 0.0966 e. The number of hydrogen-bond acceptors (Lipinski definition) is 1. The van der Waals surface area contributed by atoms with Gasteiger partial charge in [-0.25, -0.2) is 0 Å². The standard InChI is InChI=1S/C10H5BrClN/c11-10-5-4-9(12)7-8(10)3-1-2-6-13/h4-5,7H,2H2. The van der Waals surface area contributed by atoms with Crippen molar-refractivity contribution < 1.29 is 0 Å². The number of nitriles is 1. The van der Waals surface area contributed by atoms with E-state index in [1.807, 2.05) is 12.1 Å². The largest absolute Gasteiger partial charge is 0.197 e. The molecule has 0 atom stereocenters. The molecule has 1 aromatic rings. The number of rotatable bonds is 0. The Morgan fingerprint density at radius 2 is 2.23 bits per heavy atom. The van der Waals surface area contributed by atoms with Gasteiger partial charge in [0.05, 0.1) is 12.5 Å². The van der Waals surface area contributed by atoms with Crippen molar-refractivity contribution in [3.05, 3.63) is 33.3 Å². The second kappa shape index (κ2) is 4.92. The molecule has 0 heterocycles. The molecular formula is C10H5BrClN. The minimum atomic E-state index is 0.235. The molecule has 0 spiro atoms. The molecule has 0 radical (unpaired) electrons. The molecule has 1 rings (SSSR count). The Morgan fingerprint density at radius 3 is 2.92 bits per heavy atom. The first-order valence-corrected chi connectivity index (χ1v) is 4.72. The quantitative estimate of drug-likeness (QED) is 0.651. The molecule has 0 bridgehead atoms. The van der Waals surface area contributed by atoms with Crippen LogP contribution in [0.15, 0.2) is 22.7 Å². The van der Waals surface area contributed by atoms with E-state index in [2.05, 4.69) is 27.8 Å². The van der Waals surface area contributed by atoms with E-state index in [9.17, 15) is 0 Å². The van der Waals surface area contributed by atoms with Crippen LogP contribution in [0.2, 0.25) is 5.02 Å². The second-order valence-corrected chi connectivity index (χ2v) is 3.55. The van der Waals surface area contributed by atoms with Crippen LogP contribution in [0.4, 0.5) is 0 Å². The molecule has 0 aromatic heterocycles. The van der Waals surface area contributed by atoms with Gasteiger partial charge in [0.1, 0.15) is 0 Å². The van der Waals surface area contributed by atoms with Crippen molar-refractivity contribution in [1.29, 1.82) is 5.26 Å². The lowest BCUT2D eigenvalue weighted by atomic mass is 10.2. The summed E-state index contributed by atoms with van der Waals surface area (Å²) >= 11 is 9.11. The molecule has 64 valence electrons. The van der Waals surface area contributed by atoms with Gasteiger partial charge < -0.3 is 0 Å². The fourth-order valence-electron chi connectivity index (χ4n) is 0.772. The highest BCUT2D eigenvalue weighted by Crippen LogP contribution is 2.19. The van der Waals surface area contributed by atoms with Crippen molar-refractivity contribution >= 4 is 27.5 Å². The minimum Gasteiger partial charge on any atom is -0.197 e. The Labute approximate surface area is 90.5 Å². The Morgan fingerprint density at radius 1 is 1.46 bits per heavy atom. The fourth-order valence-corrected chi connectivity index (χ4v) is 1.29. The Bertz CT molecular complexity index is 409. The van der Waals surface area contributed by atoms with Crippen LogP contribution in [0.5, 0.6) is 0 Å². The molecule has 0 N–H and O–H groups in total. The van der Waals surface area contributed by atoms with Crippen LogP contribution < -0.4 is 0 Å². The van der Waals surface area contributed by atoms with Crippen molar-refractivity contribution in [2.45, 2.75) is 6.42 Å². The number of nitrogens with zero attached hydrogens (tertiary/aromatic N) is 1. The molecule has 1 nitrogen and oxygen atoms in total. The summed E-state index contributed by atoms with van der Waals surface area (Å²) in [5.41, 5.74) is 0.808.